The monoisotopic (exact) mass is 377 g/mol. The number of hydrogen-bond donors (Lipinski definition) is 2. The van der Waals surface area contributed by atoms with E-state index in [1.54, 1.807) is 0 Å². The van der Waals surface area contributed by atoms with Crippen LogP contribution in [0.2, 0.25) is 5.28 Å². The summed E-state index contributed by atoms with van der Waals surface area (Å²) in [5.74, 6) is -0.933. The molecule has 0 bridgehead atoms. The molecule has 0 amide bonds. The summed E-state index contributed by atoms with van der Waals surface area (Å²) in [5, 5.41) is 11.9. The molecular formula is C16H25ClFN3O2S. The Morgan fingerprint density at radius 3 is 2.38 bits per heavy atom. The normalized spacial score (nSPS) is 15.0. The largest absolute Gasteiger partial charge is 0.480 e. The van der Waals surface area contributed by atoms with E-state index in [0.29, 0.717) is 5.75 Å². The molecule has 0 radical (unpaired) electrons. The van der Waals surface area contributed by atoms with Crippen LogP contribution in [0.1, 0.15) is 41.5 Å². The predicted octanol–water partition coefficient (Wildman–Crippen LogP) is 4.33. The van der Waals surface area contributed by atoms with Gasteiger partial charge in [-0.05, 0) is 22.4 Å². The number of hydrogen-bond acceptors (Lipinski definition) is 5. The van der Waals surface area contributed by atoms with E-state index in [-0.39, 0.29) is 28.0 Å². The summed E-state index contributed by atoms with van der Waals surface area (Å²) < 4.78 is 13.9. The van der Waals surface area contributed by atoms with Crippen molar-refractivity contribution in [2.45, 2.75) is 52.8 Å². The topological polar surface area (TPSA) is 75.1 Å². The number of anilines is 1. The summed E-state index contributed by atoms with van der Waals surface area (Å²) in [6.07, 6.45) is 1.01. The smallest absolute Gasteiger partial charge is 0.317 e. The highest BCUT2D eigenvalue weighted by atomic mass is 35.5. The maximum atomic E-state index is 13.9. The van der Waals surface area contributed by atoms with Gasteiger partial charge in [0.25, 0.3) is 0 Å². The molecule has 0 spiro atoms. The van der Waals surface area contributed by atoms with Gasteiger partial charge in [0.1, 0.15) is 5.25 Å². The zero-order valence-electron chi connectivity index (χ0n) is 14.9. The standard InChI is InChI=1S/C16H25ClFN3O2S/c1-15(2,3)10(8-24-11(13(22)23)16(4,5)6)20-12-9(18)7-19-14(17)21-12/h7,10-11H,8H2,1-6H3,(H,22,23)(H,19,20,21)/t10?,11-/m1/s1. The molecule has 136 valence electrons. The lowest BCUT2D eigenvalue weighted by molar-refractivity contribution is -0.138. The Morgan fingerprint density at radius 1 is 1.33 bits per heavy atom. The van der Waals surface area contributed by atoms with Gasteiger partial charge in [-0.25, -0.2) is 9.37 Å². The van der Waals surface area contributed by atoms with Gasteiger partial charge in [-0.2, -0.15) is 4.98 Å². The molecule has 0 aliphatic rings. The van der Waals surface area contributed by atoms with Crippen molar-refractivity contribution in [3.8, 4) is 0 Å². The van der Waals surface area contributed by atoms with Gasteiger partial charge < -0.3 is 10.4 Å². The van der Waals surface area contributed by atoms with Crippen molar-refractivity contribution in [3.63, 3.8) is 0 Å². The highest BCUT2D eigenvalue weighted by Gasteiger charge is 2.34. The van der Waals surface area contributed by atoms with Crippen molar-refractivity contribution in [1.29, 1.82) is 0 Å². The highest BCUT2D eigenvalue weighted by molar-refractivity contribution is 8.00. The number of nitrogens with zero attached hydrogens (tertiary/aromatic N) is 2. The molecule has 1 unspecified atom stereocenters. The second-order valence-corrected chi connectivity index (χ2v) is 9.29. The van der Waals surface area contributed by atoms with Crippen molar-refractivity contribution < 1.29 is 14.3 Å². The first-order valence-electron chi connectivity index (χ1n) is 7.61. The van der Waals surface area contributed by atoms with Gasteiger partial charge in [0.15, 0.2) is 11.6 Å². The Kier molecular flexibility index (Phi) is 6.87. The number of aromatic nitrogens is 2. The molecule has 0 aliphatic carbocycles. The minimum Gasteiger partial charge on any atom is -0.480 e. The van der Waals surface area contributed by atoms with E-state index in [9.17, 15) is 14.3 Å². The van der Waals surface area contributed by atoms with E-state index in [2.05, 4.69) is 15.3 Å². The number of rotatable bonds is 6. The van der Waals surface area contributed by atoms with E-state index in [0.717, 1.165) is 6.20 Å². The molecule has 1 aromatic rings. The van der Waals surface area contributed by atoms with Gasteiger partial charge >= 0.3 is 5.97 Å². The van der Waals surface area contributed by atoms with Crippen molar-refractivity contribution in [3.05, 3.63) is 17.3 Å². The van der Waals surface area contributed by atoms with Crippen LogP contribution in [0.4, 0.5) is 10.2 Å². The third kappa shape index (κ3) is 6.09. The van der Waals surface area contributed by atoms with Gasteiger partial charge in [-0.3, -0.25) is 4.79 Å². The average molecular weight is 378 g/mol. The van der Waals surface area contributed by atoms with Crippen molar-refractivity contribution in [2.75, 3.05) is 11.1 Å². The number of halogens is 2. The second kappa shape index (κ2) is 7.87. The van der Waals surface area contributed by atoms with Gasteiger partial charge in [-0.15, -0.1) is 11.8 Å². The minimum absolute atomic E-state index is 0.0261. The zero-order chi connectivity index (χ0) is 18.7. The number of aliphatic carboxylic acids is 1. The number of carboxylic acids is 1. The van der Waals surface area contributed by atoms with Crippen LogP contribution in [0.3, 0.4) is 0 Å². The van der Waals surface area contributed by atoms with Crippen LogP contribution < -0.4 is 5.32 Å². The lowest BCUT2D eigenvalue weighted by Gasteiger charge is -2.34. The van der Waals surface area contributed by atoms with Crippen LogP contribution in [0.15, 0.2) is 6.20 Å². The van der Waals surface area contributed by atoms with Crippen LogP contribution >= 0.6 is 23.4 Å². The molecule has 5 nitrogen and oxygen atoms in total. The molecule has 0 saturated carbocycles. The van der Waals surface area contributed by atoms with Gasteiger partial charge in [0, 0.05) is 11.8 Å². The number of carbonyl (C=O) groups is 1. The third-order valence-corrected chi connectivity index (χ3v) is 5.46. The summed E-state index contributed by atoms with van der Waals surface area (Å²) in [4.78, 5) is 19.0. The first kappa shape index (κ1) is 21.0. The summed E-state index contributed by atoms with van der Waals surface area (Å²) in [6.45, 7) is 11.7. The molecule has 0 fully saturated rings. The van der Waals surface area contributed by atoms with E-state index in [4.69, 9.17) is 11.6 Å². The summed E-state index contributed by atoms with van der Waals surface area (Å²) in [5.41, 5.74) is -0.625. The van der Waals surface area contributed by atoms with Crippen LogP contribution in [-0.4, -0.2) is 38.1 Å². The molecular weight excluding hydrogens is 353 g/mol. The number of carboxylic acid groups (broad SMARTS) is 1. The SMILES string of the molecule is CC(C)(C)C(CS[C@H](C(=O)O)C(C)(C)C)Nc1nc(Cl)ncc1F. The fourth-order valence-electron chi connectivity index (χ4n) is 2.00. The molecule has 1 rings (SSSR count). The molecule has 1 aromatic heterocycles. The Labute approximate surface area is 151 Å². The van der Waals surface area contributed by atoms with Crippen LogP contribution in [-0.2, 0) is 4.79 Å². The average Bonchev–Trinajstić information content (AvgIpc) is 2.38. The molecule has 2 atom stereocenters. The zero-order valence-corrected chi connectivity index (χ0v) is 16.4. The molecule has 0 saturated heterocycles. The summed E-state index contributed by atoms with van der Waals surface area (Å²) >= 11 is 7.07. The fraction of sp³-hybridized carbons (Fsp3) is 0.688. The fourth-order valence-corrected chi connectivity index (χ4v) is 3.75. The molecule has 0 aliphatic heterocycles. The Bertz CT molecular complexity index is 588. The molecule has 2 N–H and O–H groups in total. The Hall–Kier alpha value is -1.08. The van der Waals surface area contributed by atoms with E-state index in [1.165, 1.54) is 11.8 Å². The molecule has 24 heavy (non-hydrogen) atoms. The van der Waals surface area contributed by atoms with Crippen LogP contribution in [0.5, 0.6) is 0 Å². The van der Waals surface area contributed by atoms with Gasteiger partial charge in [-0.1, -0.05) is 41.5 Å². The van der Waals surface area contributed by atoms with Crippen molar-refractivity contribution in [2.24, 2.45) is 10.8 Å². The molecule has 0 aromatic carbocycles. The lowest BCUT2D eigenvalue weighted by Crippen LogP contribution is -2.39. The first-order chi connectivity index (χ1) is 10.8. The van der Waals surface area contributed by atoms with Crippen molar-refractivity contribution in [1.82, 2.24) is 9.97 Å². The maximum absolute atomic E-state index is 13.9. The molecule has 8 heteroatoms. The Morgan fingerprint density at radius 2 is 1.92 bits per heavy atom. The third-order valence-electron chi connectivity index (χ3n) is 3.51. The van der Waals surface area contributed by atoms with Crippen LogP contribution in [0, 0.1) is 16.6 Å². The summed E-state index contributed by atoms with van der Waals surface area (Å²) in [6, 6.07) is -0.202. The van der Waals surface area contributed by atoms with Crippen molar-refractivity contribution >= 4 is 35.1 Å². The van der Waals surface area contributed by atoms with Crippen LogP contribution in [0.25, 0.3) is 0 Å². The Balaban J connectivity index is 2.95. The van der Waals surface area contributed by atoms with Gasteiger partial charge in [0.05, 0.1) is 6.20 Å². The maximum Gasteiger partial charge on any atom is 0.317 e. The summed E-state index contributed by atoms with van der Waals surface area (Å²) in [7, 11) is 0. The second-order valence-electron chi connectivity index (χ2n) is 7.82. The first-order valence-corrected chi connectivity index (χ1v) is 9.04. The number of thioether (sulfide) groups is 1. The lowest BCUT2D eigenvalue weighted by atomic mass is 9.88. The minimum atomic E-state index is -0.851. The molecule has 1 heterocycles. The van der Waals surface area contributed by atoms with E-state index < -0.39 is 17.0 Å². The van der Waals surface area contributed by atoms with Gasteiger partial charge in [0.2, 0.25) is 5.28 Å². The number of nitrogens with one attached hydrogen (secondary N) is 1. The van der Waals surface area contributed by atoms with E-state index in [1.807, 2.05) is 41.5 Å². The van der Waals surface area contributed by atoms with E-state index >= 15 is 0 Å². The highest BCUT2D eigenvalue weighted by Crippen LogP contribution is 2.34. The quantitative estimate of drug-likeness (QED) is 0.719. The predicted molar refractivity (Wildman–Crippen MR) is 97.2 cm³/mol.